The molecule has 0 saturated heterocycles. The molecule has 0 saturated carbocycles. The van der Waals surface area contributed by atoms with Crippen LogP contribution in [0.5, 0.6) is 5.75 Å². The molecular formula is C19H16O3. The van der Waals surface area contributed by atoms with E-state index in [0.29, 0.717) is 5.75 Å². The van der Waals surface area contributed by atoms with Gasteiger partial charge in [-0.05, 0) is 34.9 Å². The second kappa shape index (κ2) is 6.31. The van der Waals surface area contributed by atoms with Crippen LogP contribution in [0.15, 0.2) is 66.7 Å². The largest absolute Gasteiger partial charge is 0.514 e. The van der Waals surface area contributed by atoms with Crippen LogP contribution in [0.4, 0.5) is 4.79 Å². The SMILES string of the molecule is Cc1c(OC(=O)OCc2ccccc2)ccc2ccccc12. The Labute approximate surface area is 129 Å². The lowest BCUT2D eigenvalue weighted by Gasteiger charge is -2.10. The highest BCUT2D eigenvalue weighted by molar-refractivity contribution is 5.88. The van der Waals surface area contributed by atoms with Crippen LogP contribution in [0.25, 0.3) is 10.8 Å². The predicted molar refractivity (Wildman–Crippen MR) is 85.9 cm³/mol. The predicted octanol–water partition coefficient (Wildman–Crippen LogP) is 4.86. The second-order valence-corrected chi connectivity index (χ2v) is 5.04. The molecule has 0 fully saturated rings. The smallest absolute Gasteiger partial charge is 0.429 e. The number of carbonyl (C=O) groups excluding carboxylic acids is 1. The van der Waals surface area contributed by atoms with Gasteiger partial charge in [-0.1, -0.05) is 60.7 Å². The quantitative estimate of drug-likeness (QED) is 0.510. The number of ether oxygens (including phenoxy) is 2. The highest BCUT2D eigenvalue weighted by Crippen LogP contribution is 2.27. The van der Waals surface area contributed by atoms with Gasteiger partial charge < -0.3 is 9.47 Å². The zero-order valence-corrected chi connectivity index (χ0v) is 12.3. The van der Waals surface area contributed by atoms with E-state index in [1.54, 1.807) is 6.07 Å². The standard InChI is InChI=1S/C19H16O3/c1-14-17-10-6-5-9-16(17)11-12-18(14)22-19(20)21-13-15-7-3-2-4-8-15/h2-12H,13H2,1H3. The zero-order chi connectivity index (χ0) is 15.4. The van der Waals surface area contributed by atoms with Crippen molar-refractivity contribution in [2.45, 2.75) is 13.5 Å². The van der Waals surface area contributed by atoms with Crippen LogP contribution >= 0.6 is 0 Å². The molecule has 0 radical (unpaired) electrons. The maximum absolute atomic E-state index is 11.8. The summed E-state index contributed by atoms with van der Waals surface area (Å²) in [5, 5.41) is 2.18. The normalized spacial score (nSPS) is 10.4. The third-order valence-corrected chi connectivity index (χ3v) is 3.54. The van der Waals surface area contributed by atoms with Gasteiger partial charge in [-0.2, -0.15) is 0 Å². The fourth-order valence-electron chi connectivity index (χ4n) is 2.35. The maximum atomic E-state index is 11.8. The van der Waals surface area contributed by atoms with Gasteiger partial charge in [0.1, 0.15) is 12.4 Å². The van der Waals surface area contributed by atoms with Crippen molar-refractivity contribution >= 4 is 16.9 Å². The lowest BCUT2D eigenvalue weighted by atomic mass is 10.1. The van der Waals surface area contributed by atoms with Crippen LogP contribution in [0.3, 0.4) is 0 Å². The van der Waals surface area contributed by atoms with Gasteiger partial charge in [0.05, 0.1) is 0 Å². The van der Waals surface area contributed by atoms with Gasteiger partial charge in [-0.15, -0.1) is 0 Å². The Bertz CT molecular complexity index is 794. The van der Waals surface area contributed by atoms with E-state index in [1.807, 2.05) is 67.6 Å². The van der Waals surface area contributed by atoms with Gasteiger partial charge in [0.2, 0.25) is 0 Å². The average Bonchev–Trinajstić information content (AvgIpc) is 2.57. The summed E-state index contributed by atoms with van der Waals surface area (Å²) >= 11 is 0. The number of rotatable bonds is 3. The van der Waals surface area contributed by atoms with E-state index in [4.69, 9.17) is 9.47 Å². The Morgan fingerprint density at radius 1 is 0.909 bits per heavy atom. The summed E-state index contributed by atoms with van der Waals surface area (Å²) in [5.41, 5.74) is 1.85. The van der Waals surface area contributed by atoms with Gasteiger partial charge >= 0.3 is 6.16 Å². The van der Waals surface area contributed by atoms with E-state index in [9.17, 15) is 4.79 Å². The summed E-state index contributed by atoms with van der Waals surface area (Å²) in [6, 6.07) is 21.2. The average molecular weight is 292 g/mol. The summed E-state index contributed by atoms with van der Waals surface area (Å²) in [4.78, 5) is 11.8. The van der Waals surface area contributed by atoms with Gasteiger partial charge in [0.25, 0.3) is 0 Å². The number of benzene rings is 3. The van der Waals surface area contributed by atoms with Crippen LogP contribution in [0.1, 0.15) is 11.1 Å². The van der Waals surface area contributed by atoms with Crippen molar-refractivity contribution in [3.8, 4) is 5.75 Å². The summed E-state index contributed by atoms with van der Waals surface area (Å²) < 4.78 is 10.5. The lowest BCUT2D eigenvalue weighted by Crippen LogP contribution is -2.11. The Kier molecular flexibility index (Phi) is 4.05. The molecule has 0 aliphatic carbocycles. The number of hydrogen-bond acceptors (Lipinski definition) is 3. The second-order valence-electron chi connectivity index (χ2n) is 5.04. The Hall–Kier alpha value is -2.81. The van der Waals surface area contributed by atoms with Gasteiger partial charge in [-0.3, -0.25) is 0 Å². The Morgan fingerprint density at radius 3 is 2.45 bits per heavy atom. The van der Waals surface area contributed by atoms with E-state index in [-0.39, 0.29) is 6.61 Å². The fraction of sp³-hybridized carbons (Fsp3) is 0.105. The fourth-order valence-corrected chi connectivity index (χ4v) is 2.35. The van der Waals surface area contributed by atoms with E-state index >= 15 is 0 Å². The monoisotopic (exact) mass is 292 g/mol. The molecule has 0 bridgehead atoms. The van der Waals surface area contributed by atoms with Gasteiger partial charge in [0, 0.05) is 0 Å². The van der Waals surface area contributed by atoms with Crippen LogP contribution in [0, 0.1) is 6.92 Å². The number of fused-ring (bicyclic) bond motifs is 1. The first kappa shape index (κ1) is 14.1. The highest BCUT2D eigenvalue weighted by Gasteiger charge is 2.10. The summed E-state index contributed by atoms with van der Waals surface area (Å²) in [5.74, 6) is 0.525. The molecule has 110 valence electrons. The van der Waals surface area contributed by atoms with Crippen molar-refractivity contribution in [1.82, 2.24) is 0 Å². The minimum atomic E-state index is -0.692. The molecule has 0 unspecified atom stereocenters. The Morgan fingerprint density at radius 2 is 1.64 bits per heavy atom. The van der Waals surface area contributed by atoms with E-state index in [1.165, 1.54) is 0 Å². The van der Waals surface area contributed by atoms with Gasteiger partial charge in [-0.25, -0.2) is 4.79 Å². The maximum Gasteiger partial charge on any atom is 0.514 e. The van der Waals surface area contributed by atoms with Crippen molar-refractivity contribution in [2.24, 2.45) is 0 Å². The van der Waals surface area contributed by atoms with Crippen molar-refractivity contribution in [2.75, 3.05) is 0 Å². The Balaban J connectivity index is 1.70. The molecule has 3 heteroatoms. The first-order valence-electron chi connectivity index (χ1n) is 7.11. The van der Waals surface area contributed by atoms with Crippen molar-refractivity contribution < 1.29 is 14.3 Å². The molecular weight excluding hydrogens is 276 g/mol. The van der Waals surface area contributed by atoms with Crippen molar-refractivity contribution in [1.29, 1.82) is 0 Å². The van der Waals surface area contributed by atoms with Crippen molar-refractivity contribution in [3.05, 3.63) is 77.9 Å². The third kappa shape index (κ3) is 3.09. The third-order valence-electron chi connectivity index (χ3n) is 3.54. The van der Waals surface area contributed by atoms with E-state index in [0.717, 1.165) is 21.9 Å². The molecule has 0 atom stereocenters. The molecule has 0 amide bonds. The number of aryl methyl sites for hydroxylation is 1. The summed E-state index contributed by atoms with van der Waals surface area (Å²) in [7, 11) is 0. The molecule has 22 heavy (non-hydrogen) atoms. The van der Waals surface area contributed by atoms with Gasteiger partial charge in [0.15, 0.2) is 0 Å². The first-order chi connectivity index (χ1) is 10.7. The first-order valence-corrected chi connectivity index (χ1v) is 7.11. The minimum Gasteiger partial charge on any atom is -0.429 e. The van der Waals surface area contributed by atoms with E-state index < -0.39 is 6.16 Å². The number of hydrogen-bond donors (Lipinski definition) is 0. The molecule has 3 nitrogen and oxygen atoms in total. The zero-order valence-electron chi connectivity index (χ0n) is 12.3. The molecule has 0 spiro atoms. The summed E-state index contributed by atoms with van der Waals surface area (Å²) in [6.45, 7) is 2.13. The summed E-state index contributed by atoms with van der Waals surface area (Å²) in [6.07, 6.45) is -0.692. The molecule has 0 N–H and O–H groups in total. The molecule has 0 aliphatic rings. The molecule has 0 aliphatic heterocycles. The van der Waals surface area contributed by atoms with E-state index in [2.05, 4.69) is 0 Å². The lowest BCUT2D eigenvalue weighted by molar-refractivity contribution is 0.0926. The van der Waals surface area contributed by atoms with Crippen molar-refractivity contribution in [3.63, 3.8) is 0 Å². The van der Waals surface area contributed by atoms with Crippen LogP contribution in [-0.2, 0) is 11.3 Å². The molecule has 3 aromatic rings. The van der Waals surface area contributed by atoms with Crippen LogP contribution in [0.2, 0.25) is 0 Å². The molecule has 3 rings (SSSR count). The molecule has 0 aromatic heterocycles. The van der Waals surface area contributed by atoms with Crippen LogP contribution in [-0.4, -0.2) is 6.16 Å². The highest BCUT2D eigenvalue weighted by atomic mass is 16.7. The molecule has 0 heterocycles. The van der Waals surface area contributed by atoms with Crippen LogP contribution < -0.4 is 4.74 Å². The topological polar surface area (TPSA) is 35.5 Å². The minimum absolute atomic E-state index is 0.201. The molecule has 3 aromatic carbocycles. The number of carbonyl (C=O) groups is 1.